The van der Waals surface area contributed by atoms with Gasteiger partial charge in [0.05, 0.1) is 24.6 Å². The van der Waals surface area contributed by atoms with E-state index in [1.165, 1.54) is 0 Å². The van der Waals surface area contributed by atoms with Crippen LogP contribution in [0.1, 0.15) is 5.56 Å². The van der Waals surface area contributed by atoms with Crippen molar-refractivity contribution in [3.8, 4) is 0 Å². The van der Waals surface area contributed by atoms with Crippen LogP contribution in [0.3, 0.4) is 0 Å². The van der Waals surface area contributed by atoms with Gasteiger partial charge in [-0.15, -0.1) is 18.3 Å². The molecule has 0 saturated heterocycles. The summed E-state index contributed by atoms with van der Waals surface area (Å²) in [6.45, 7) is 4.62. The summed E-state index contributed by atoms with van der Waals surface area (Å²) < 4.78 is 5.59. The second-order valence-corrected chi connectivity index (χ2v) is 5.95. The average Bonchev–Trinajstić information content (AvgIpc) is 2.54. The first-order valence-corrected chi connectivity index (χ1v) is 7.81. The number of ether oxygens (including phenoxy) is 1. The van der Waals surface area contributed by atoms with E-state index in [1.54, 1.807) is 17.8 Å². The molecule has 21 heavy (non-hydrogen) atoms. The molecule has 2 rings (SSSR count). The minimum absolute atomic E-state index is 0.0804. The standard InChI is InChI=1S/C18H20O2S/c1-2-18(21-16-11-7-4-8-12-16)17(19)14-20-13-15-9-5-3-6-10-15/h2-12,17-19H,1,13-14H2/t17-,18-/m0/s1. The molecule has 0 heterocycles. The van der Waals surface area contributed by atoms with Gasteiger partial charge in [0.2, 0.25) is 0 Å². The Morgan fingerprint density at radius 2 is 1.67 bits per heavy atom. The monoisotopic (exact) mass is 300 g/mol. The zero-order valence-corrected chi connectivity index (χ0v) is 12.7. The van der Waals surface area contributed by atoms with Gasteiger partial charge in [0.25, 0.3) is 0 Å². The van der Waals surface area contributed by atoms with Gasteiger partial charge >= 0.3 is 0 Å². The molecule has 0 aliphatic heterocycles. The molecule has 2 atom stereocenters. The topological polar surface area (TPSA) is 29.5 Å². The second kappa shape index (κ2) is 8.67. The van der Waals surface area contributed by atoms with Crippen LogP contribution in [0.2, 0.25) is 0 Å². The summed E-state index contributed by atoms with van der Waals surface area (Å²) in [5, 5.41) is 10.2. The molecule has 0 aromatic heterocycles. The molecular formula is C18H20O2S. The van der Waals surface area contributed by atoms with E-state index in [9.17, 15) is 5.11 Å². The van der Waals surface area contributed by atoms with Crippen molar-refractivity contribution in [2.45, 2.75) is 22.9 Å². The lowest BCUT2D eigenvalue weighted by molar-refractivity contribution is 0.0325. The van der Waals surface area contributed by atoms with Gasteiger partial charge in [-0.3, -0.25) is 0 Å². The molecule has 0 spiro atoms. The average molecular weight is 300 g/mol. The number of rotatable bonds is 8. The highest BCUT2D eigenvalue weighted by Crippen LogP contribution is 2.26. The fraction of sp³-hybridized carbons (Fsp3) is 0.222. The number of thioether (sulfide) groups is 1. The summed E-state index contributed by atoms with van der Waals surface area (Å²) in [5.74, 6) is 0. The number of aliphatic hydroxyl groups is 1. The molecule has 3 heteroatoms. The van der Waals surface area contributed by atoms with Crippen LogP contribution < -0.4 is 0 Å². The van der Waals surface area contributed by atoms with Crippen LogP contribution in [0.4, 0.5) is 0 Å². The van der Waals surface area contributed by atoms with Crippen LogP contribution >= 0.6 is 11.8 Å². The van der Waals surface area contributed by atoms with Crippen LogP contribution in [-0.2, 0) is 11.3 Å². The van der Waals surface area contributed by atoms with E-state index in [0.717, 1.165) is 10.5 Å². The Bertz CT molecular complexity index is 527. The highest BCUT2D eigenvalue weighted by Gasteiger charge is 2.17. The highest BCUT2D eigenvalue weighted by molar-refractivity contribution is 8.00. The van der Waals surface area contributed by atoms with E-state index >= 15 is 0 Å². The van der Waals surface area contributed by atoms with Crippen molar-refractivity contribution in [2.24, 2.45) is 0 Å². The largest absolute Gasteiger partial charge is 0.389 e. The maximum Gasteiger partial charge on any atom is 0.0930 e. The normalized spacial score (nSPS) is 13.6. The third-order valence-electron chi connectivity index (χ3n) is 3.03. The lowest BCUT2D eigenvalue weighted by atomic mass is 10.2. The van der Waals surface area contributed by atoms with Gasteiger partial charge in [0.1, 0.15) is 0 Å². The zero-order chi connectivity index (χ0) is 14.9. The summed E-state index contributed by atoms with van der Waals surface area (Å²) in [4.78, 5) is 1.12. The van der Waals surface area contributed by atoms with Crippen LogP contribution in [0.5, 0.6) is 0 Å². The summed E-state index contributed by atoms with van der Waals surface area (Å²) in [5.41, 5.74) is 1.11. The van der Waals surface area contributed by atoms with Gasteiger partial charge in [0.15, 0.2) is 0 Å². The van der Waals surface area contributed by atoms with Gasteiger partial charge < -0.3 is 9.84 Å². The van der Waals surface area contributed by atoms with Gasteiger partial charge in [0, 0.05) is 4.90 Å². The molecule has 110 valence electrons. The third kappa shape index (κ3) is 5.38. The first kappa shape index (κ1) is 15.8. The highest BCUT2D eigenvalue weighted by atomic mass is 32.2. The molecule has 1 N–H and O–H groups in total. The molecule has 2 aromatic carbocycles. The lowest BCUT2D eigenvalue weighted by Gasteiger charge is -2.19. The summed E-state index contributed by atoms with van der Waals surface area (Å²) >= 11 is 1.60. The zero-order valence-electron chi connectivity index (χ0n) is 11.9. The number of hydrogen-bond acceptors (Lipinski definition) is 3. The molecule has 0 amide bonds. The number of benzene rings is 2. The molecular weight excluding hydrogens is 280 g/mol. The van der Waals surface area contributed by atoms with E-state index in [2.05, 4.69) is 6.58 Å². The van der Waals surface area contributed by atoms with Crippen LogP contribution in [0, 0.1) is 0 Å². The molecule has 0 bridgehead atoms. The van der Waals surface area contributed by atoms with Gasteiger partial charge in [-0.25, -0.2) is 0 Å². The Labute approximate surface area is 130 Å². The van der Waals surface area contributed by atoms with E-state index < -0.39 is 6.10 Å². The number of hydrogen-bond donors (Lipinski definition) is 1. The molecule has 0 aliphatic carbocycles. The molecule has 0 aliphatic rings. The van der Waals surface area contributed by atoms with Gasteiger partial charge in [-0.05, 0) is 17.7 Å². The van der Waals surface area contributed by atoms with E-state index in [-0.39, 0.29) is 5.25 Å². The molecule has 2 aromatic rings. The minimum atomic E-state index is -0.573. The molecule has 2 nitrogen and oxygen atoms in total. The van der Waals surface area contributed by atoms with Crippen LogP contribution in [-0.4, -0.2) is 23.1 Å². The molecule has 0 saturated carbocycles. The molecule has 0 unspecified atom stereocenters. The van der Waals surface area contributed by atoms with Crippen molar-refractivity contribution < 1.29 is 9.84 Å². The Kier molecular flexibility index (Phi) is 6.54. The first-order valence-electron chi connectivity index (χ1n) is 6.93. The minimum Gasteiger partial charge on any atom is -0.389 e. The maximum atomic E-state index is 10.2. The summed E-state index contributed by atoms with van der Waals surface area (Å²) in [7, 11) is 0. The SMILES string of the molecule is C=C[C@H](Sc1ccccc1)[C@@H](O)COCc1ccccc1. The number of aliphatic hydroxyl groups excluding tert-OH is 1. The Morgan fingerprint density at radius 1 is 1.05 bits per heavy atom. The van der Waals surface area contributed by atoms with E-state index in [0.29, 0.717) is 13.2 Å². The fourth-order valence-corrected chi connectivity index (χ4v) is 2.87. The van der Waals surface area contributed by atoms with Gasteiger partial charge in [-0.2, -0.15) is 0 Å². The van der Waals surface area contributed by atoms with E-state index in [4.69, 9.17) is 4.74 Å². The second-order valence-electron chi connectivity index (χ2n) is 4.70. The van der Waals surface area contributed by atoms with Crippen LogP contribution in [0.25, 0.3) is 0 Å². The quantitative estimate of drug-likeness (QED) is 0.592. The van der Waals surface area contributed by atoms with Crippen molar-refractivity contribution in [1.29, 1.82) is 0 Å². The van der Waals surface area contributed by atoms with Crippen molar-refractivity contribution in [3.05, 3.63) is 78.9 Å². The van der Waals surface area contributed by atoms with Crippen molar-refractivity contribution >= 4 is 11.8 Å². The van der Waals surface area contributed by atoms with Crippen molar-refractivity contribution in [3.63, 3.8) is 0 Å². The van der Waals surface area contributed by atoms with Crippen molar-refractivity contribution in [1.82, 2.24) is 0 Å². The van der Waals surface area contributed by atoms with E-state index in [1.807, 2.05) is 60.7 Å². The summed E-state index contributed by atoms with van der Waals surface area (Å²) in [6, 6.07) is 20.0. The van der Waals surface area contributed by atoms with Gasteiger partial charge in [-0.1, -0.05) is 54.6 Å². The first-order chi connectivity index (χ1) is 10.3. The predicted molar refractivity (Wildman–Crippen MR) is 88.4 cm³/mol. The van der Waals surface area contributed by atoms with Crippen molar-refractivity contribution in [2.75, 3.05) is 6.61 Å². The van der Waals surface area contributed by atoms with Crippen LogP contribution in [0.15, 0.2) is 78.2 Å². The third-order valence-corrected chi connectivity index (χ3v) is 4.35. The fourth-order valence-electron chi connectivity index (χ4n) is 1.91. The summed E-state index contributed by atoms with van der Waals surface area (Å²) in [6.07, 6.45) is 1.20. The Morgan fingerprint density at radius 3 is 2.29 bits per heavy atom. The molecule has 0 fully saturated rings. The Hall–Kier alpha value is -1.55. The predicted octanol–water partition coefficient (Wildman–Crippen LogP) is 3.91. The maximum absolute atomic E-state index is 10.2. The smallest absolute Gasteiger partial charge is 0.0930 e. The Balaban J connectivity index is 1.80. The lowest BCUT2D eigenvalue weighted by Crippen LogP contribution is -2.26. The molecule has 0 radical (unpaired) electrons.